The van der Waals surface area contributed by atoms with Crippen molar-refractivity contribution in [3.8, 4) is 0 Å². The van der Waals surface area contributed by atoms with Gasteiger partial charge in [-0.25, -0.2) is 8.60 Å². The molecule has 0 aliphatic heterocycles. The third-order valence-corrected chi connectivity index (χ3v) is 2.28. The first-order chi connectivity index (χ1) is 5.13. The molecule has 5 heteroatoms. The molecule has 0 amide bonds. The summed E-state index contributed by atoms with van der Waals surface area (Å²) < 4.78 is 31.6. The maximum atomic E-state index is 12.7. The molecule has 1 N–H and O–H groups in total. The molecule has 0 aliphatic carbocycles. The lowest BCUT2D eigenvalue weighted by molar-refractivity contribution is 0.544. The summed E-state index contributed by atoms with van der Waals surface area (Å²) in [6, 6.07) is 3.80. The fourth-order valence-corrected chi connectivity index (χ4v) is 1.48. The van der Waals surface area contributed by atoms with Gasteiger partial charge < -0.3 is 4.55 Å². The molecule has 0 saturated heterocycles. The molecule has 60 valence electrons. The first kappa shape index (κ1) is 8.64. The van der Waals surface area contributed by atoms with Crippen molar-refractivity contribution in [1.29, 1.82) is 0 Å². The van der Waals surface area contributed by atoms with Gasteiger partial charge in [-0.2, -0.15) is 0 Å². The SMILES string of the molecule is O=S(O)c1c(F)cccc1Cl. The van der Waals surface area contributed by atoms with Gasteiger partial charge in [0, 0.05) is 0 Å². The van der Waals surface area contributed by atoms with E-state index >= 15 is 0 Å². The molecule has 0 aromatic heterocycles. The van der Waals surface area contributed by atoms with Gasteiger partial charge >= 0.3 is 0 Å². The molecule has 0 heterocycles. The Balaban J connectivity index is 3.32. The molecule has 1 aromatic carbocycles. The monoisotopic (exact) mass is 194 g/mol. The number of halogens is 2. The molecular weight excluding hydrogens is 191 g/mol. The van der Waals surface area contributed by atoms with Crippen molar-refractivity contribution in [1.82, 2.24) is 0 Å². The number of rotatable bonds is 1. The van der Waals surface area contributed by atoms with Crippen molar-refractivity contribution in [3.05, 3.63) is 29.0 Å². The molecule has 0 radical (unpaired) electrons. The maximum absolute atomic E-state index is 12.7. The van der Waals surface area contributed by atoms with E-state index in [9.17, 15) is 8.60 Å². The molecule has 0 spiro atoms. The van der Waals surface area contributed by atoms with Gasteiger partial charge in [0.25, 0.3) is 0 Å². The van der Waals surface area contributed by atoms with Crippen LogP contribution in [0.5, 0.6) is 0 Å². The average Bonchev–Trinajstić information content (AvgIpc) is 1.85. The minimum absolute atomic E-state index is 0.0363. The van der Waals surface area contributed by atoms with Crippen LogP contribution in [-0.2, 0) is 11.1 Å². The van der Waals surface area contributed by atoms with Crippen molar-refractivity contribution in [2.75, 3.05) is 0 Å². The van der Waals surface area contributed by atoms with Crippen LogP contribution in [0.4, 0.5) is 4.39 Å². The zero-order valence-electron chi connectivity index (χ0n) is 5.25. The third-order valence-electron chi connectivity index (χ3n) is 1.09. The summed E-state index contributed by atoms with van der Waals surface area (Å²) in [5.74, 6) is -0.765. The Morgan fingerprint density at radius 1 is 1.55 bits per heavy atom. The lowest BCUT2D eigenvalue weighted by atomic mass is 10.3. The van der Waals surface area contributed by atoms with E-state index in [1.807, 2.05) is 0 Å². The predicted octanol–water partition coefficient (Wildman–Crippen LogP) is 2.06. The molecule has 0 bridgehead atoms. The van der Waals surface area contributed by atoms with Gasteiger partial charge in [-0.15, -0.1) is 0 Å². The van der Waals surface area contributed by atoms with Crippen LogP contribution >= 0.6 is 11.6 Å². The lowest BCUT2D eigenvalue weighted by Gasteiger charge is -1.98. The Bertz CT molecular complexity index is 282. The van der Waals surface area contributed by atoms with Crippen molar-refractivity contribution in [2.45, 2.75) is 4.90 Å². The molecular formula is C6H4ClFO2S. The van der Waals surface area contributed by atoms with Crippen LogP contribution in [0.3, 0.4) is 0 Å². The summed E-state index contributed by atoms with van der Waals surface area (Å²) in [5.41, 5.74) is 0. The third kappa shape index (κ3) is 1.77. The Morgan fingerprint density at radius 2 is 2.18 bits per heavy atom. The smallest absolute Gasteiger partial charge is 0.191 e. The Labute approximate surface area is 70.3 Å². The van der Waals surface area contributed by atoms with Gasteiger partial charge in [-0.1, -0.05) is 17.7 Å². The van der Waals surface area contributed by atoms with Crippen molar-refractivity contribution in [2.24, 2.45) is 0 Å². The van der Waals surface area contributed by atoms with Crippen LogP contribution in [0, 0.1) is 5.82 Å². The largest absolute Gasteiger partial charge is 0.302 e. The summed E-state index contributed by atoms with van der Waals surface area (Å²) in [5, 5.41) is -0.0363. The summed E-state index contributed by atoms with van der Waals surface area (Å²) in [7, 11) is 0. The minimum Gasteiger partial charge on any atom is -0.302 e. The van der Waals surface area contributed by atoms with Crippen molar-refractivity contribution >= 4 is 22.7 Å². The zero-order chi connectivity index (χ0) is 8.43. The highest BCUT2D eigenvalue weighted by atomic mass is 35.5. The normalized spacial score (nSPS) is 13.0. The first-order valence-corrected chi connectivity index (χ1v) is 4.16. The van der Waals surface area contributed by atoms with E-state index in [1.165, 1.54) is 12.1 Å². The summed E-state index contributed by atoms with van der Waals surface area (Å²) >= 11 is 3.07. The molecule has 0 fully saturated rings. The van der Waals surface area contributed by atoms with Crippen molar-refractivity contribution in [3.63, 3.8) is 0 Å². The van der Waals surface area contributed by atoms with Gasteiger partial charge in [0.15, 0.2) is 11.1 Å². The van der Waals surface area contributed by atoms with E-state index in [0.717, 1.165) is 6.07 Å². The summed E-state index contributed by atoms with van der Waals surface area (Å²) in [6.07, 6.45) is 0. The van der Waals surface area contributed by atoms with E-state index in [0.29, 0.717) is 0 Å². The second-order valence-electron chi connectivity index (χ2n) is 1.80. The molecule has 0 saturated carbocycles. The minimum atomic E-state index is -2.36. The van der Waals surface area contributed by atoms with Crippen molar-refractivity contribution < 1.29 is 13.2 Å². The van der Waals surface area contributed by atoms with Gasteiger partial charge in [0.2, 0.25) is 0 Å². The van der Waals surface area contributed by atoms with E-state index in [4.69, 9.17) is 16.2 Å². The van der Waals surface area contributed by atoms with E-state index in [-0.39, 0.29) is 9.92 Å². The average molecular weight is 195 g/mol. The van der Waals surface area contributed by atoms with E-state index < -0.39 is 16.9 Å². The lowest BCUT2D eigenvalue weighted by Crippen LogP contribution is -1.93. The van der Waals surface area contributed by atoms with E-state index in [1.54, 1.807) is 0 Å². The van der Waals surface area contributed by atoms with Gasteiger partial charge in [-0.3, -0.25) is 0 Å². The van der Waals surface area contributed by atoms with Crippen LogP contribution < -0.4 is 0 Å². The zero-order valence-corrected chi connectivity index (χ0v) is 6.82. The van der Waals surface area contributed by atoms with Gasteiger partial charge in [0.1, 0.15) is 10.7 Å². The Hall–Kier alpha value is -0.450. The quantitative estimate of drug-likeness (QED) is 0.695. The van der Waals surface area contributed by atoms with Crippen LogP contribution in [-0.4, -0.2) is 8.76 Å². The fourth-order valence-electron chi connectivity index (χ4n) is 0.649. The highest BCUT2D eigenvalue weighted by molar-refractivity contribution is 7.79. The molecule has 1 rings (SSSR count). The molecule has 1 atom stereocenters. The Kier molecular flexibility index (Phi) is 2.59. The number of hydrogen-bond acceptors (Lipinski definition) is 1. The molecule has 1 unspecified atom stereocenters. The van der Waals surface area contributed by atoms with E-state index in [2.05, 4.69) is 0 Å². The highest BCUT2D eigenvalue weighted by Crippen LogP contribution is 2.21. The standard InChI is InChI=1S/C6H4ClFO2S/c7-4-2-1-3-5(8)6(4)11(9)10/h1-3H,(H,9,10). The number of hydrogen-bond donors (Lipinski definition) is 1. The molecule has 1 aromatic rings. The van der Waals surface area contributed by atoms with Crippen LogP contribution in [0.2, 0.25) is 5.02 Å². The fraction of sp³-hybridized carbons (Fsp3) is 0. The first-order valence-electron chi connectivity index (χ1n) is 2.68. The van der Waals surface area contributed by atoms with Gasteiger partial charge in [0.05, 0.1) is 5.02 Å². The van der Waals surface area contributed by atoms with Crippen LogP contribution in [0.15, 0.2) is 23.1 Å². The maximum Gasteiger partial charge on any atom is 0.191 e. The molecule has 11 heavy (non-hydrogen) atoms. The van der Waals surface area contributed by atoms with Gasteiger partial charge in [-0.05, 0) is 12.1 Å². The van der Waals surface area contributed by atoms with Crippen LogP contribution in [0.25, 0.3) is 0 Å². The molecule has 0 aliphatic rings. The highest BCUT2D eigenvalue weighted by Gasteiger charge is 2.11. The number of benzene rings is 1. The predicted molar refractivity (Wildman–Crippen MR) is 40.4 cm³/mol. The summed E-state index contributed by atoms with van der Waals surface area (Å²) in [6.45, 7) is 0. The Morgan fingerprint density at radius 3 is 2.55 bits per heavy atom. The second kappa shape index (κ2) is 3.30. The molecule has 2 nitrogen and oxygen atoms in total. The summed E-state index contributed by atoms with van der Waals surface area (Å²) in [4.78, 5) is -0.367. The topological polar surface area (TPSA) is 37.3 Å². The van der Waals surface area contributed by atoms with Crippen LogP contribution in [0.1, 0.15) is 0 Å². The second-order valence-corrected chi connectivity index (χ2v) is 3.11.